The van der Waals surface area contributed by atoms with E-state index in [1.54, 1.807) is 67.8 Å². The molecule has 0 unspecified atom stereocenters. The van der Waals surface area contributed by atoms with E-state index >= 15 is 0 Å². The molecule has 148 valence electrons. The van der Waals surface area contributed by atoms with Crippen LogP contribution in [0.3, 0.4) is 0 Å². The van der Waals surface area contributed by atoms with Crippen LogP contribution in [0.25, 0.3) is 0 Å². The molecule has 0 aliphatic rings. The Morgan fingerprint density at radius 1 is 0.828 bits per heavy atom. The number of anilines is 2. The number of rotatable bonds is 7. The molecular formula is C23H22N2O4. The molecule has 3 aromatic carbocycles. The van der Waals surface area contributed by atoms with Crippen LogP contribution in [-0.4, -0.2) is 25.5 Å². The lowest BCUT2D eigenvalue weighted by Crippen LogP contribution is -2.15. The van der Waals surface area contributed by atoms with Crippen LogP contribution in [0.5, 0.6) is 11.5 Å². The zero-order valence-corrected chi connectivity index (χ0v) is 16.3. The van der Waals surface area contributed by atoms with Gasteiger partial charge < -0.3 is 20.1 Å². The Morgan fingerprint density at radius 3 is 2.14 bits per heavy atom. The van der Waals surface area contributed by atoms with Crippen molar-refractivity contribution in [2.75, 3.05) is 24.4 Å². The van der Waals surface area contributed by atoms with E-state index in [9.17, 15) is 9.59 Å². The molecule has 6 heteroatoms. The highest BCUT2D eigenvalue weighted by Crippen LogP contribution is 2.24. The number of hydrogen-bond donors (Lipinski definition) is 2. The lowest BCUT2D eigenvalue weighted by molar-refractivity contribution is 0.101. The number of ether oxygens (including phenoxy) is 2. The quantitative estimate of drug-likeness (QED) is 0.618. The van der Waals surface area contributed by atoms with Crippen molar-refractivity contribution < 1.29 is 19.1 Å². The molecule has 0 saturated carbocycles. The first-order chi connectivity index (χ1) is 14.1. The summed E-state index contributed by atoms with van der Waals surface area (Å²) in [5.74, 6) is 0.712. The van der Waals surface area contributed by atoms with Crippen LogP contribution in [0, 0.1) is 0 Å². The first-order valence-electron chi connectivity index (χ1n) is 9.19. The SMILES string of the molecule is CCOc1ccccc1NC(=O)c1ccc(C(=O)Nc2cccc(OC)c2)cc1. The average molecular weight is 390 g/mol. The maximum absolute atomic E-state index is 12.5. The normalized spacial score (nSPS) is 10.1. The lowest BCUT2D eigenvalue weighted by atomic mass is 10.1. The summed E-state index contributed by atoms with van der Waals surface area (Å²) < 4.78 is 10.7. The standard InChI is InChI=1S/C23H22N2O4/c1-3-29-21-10-5-4-9-20(21)25-23(27)17-13-11-16(12-14-17)22(26)24-18-7-6-8-19(15-18)28-2/h4-15H,3H2,1-2H3,(H,24,26)(H,25,27). The van der Waals surface area contributed by atoms with Gasteiger partial charge in [-0.2, -0.15) is 0 Å². The summed E-state index contributed by atoms with van der Waals surface area (Å²) in [4.78, 5) is 25.0. The fourth-order valence-corrected chi connectivity index (χ4v) is 2.72. The van der Waals surface area contributed by atoms with Crippen LogP contribution in [0.2, 0.25) is 0 Å². The highest BCUT2D eigenvalue weighted by molar-refractivity contribution is 6.07. The first-order valence-corrected chi connectivity index (χ1v) is 9.19. The summed E-state index contributed by atoms with van der Waals surface area (Å²) in [7, 11) is 1.57. The third-order valence-corrected chi connectivity index (χ3v) is 4.17. The fourth-order valence-electron chi connectivity index (χ4n) is 2.72. The molecule has 0 heterocycles. The molecule has 2 N–H and O–H groups in total. The molecule has 0 atom stereocenters. The van der Waals surface area contributed by atoms with Gasteiger partial charge in [0.2, 0.25) is 0 Å². The summed E-state index contributed by atoms with van der Waals surface area (Å²) in [6.45, 7) is 2.39. The predicted molar refractivity (Wildman–Crippen MR) is 113 cm³/mol. The molecule has 0 aliphatic carbocycles. The summed E-state index contributed by atoms with van der Waals surface area (Å²) in [6.07, 6.45) is 0. The van der Waals surface area contributed by atoms with Gasteiger partial charge in [0.1, 0.15) is 11.5 Å². The van der Waals surface area contributed by atoms with Gasteiger partial charge in [0, 0.05) is 22.9 Å². The van der Waals surface area contributed by atoms with Crippen molar-refractivity contribution >= 4 is 23.2 Å². The molecule has 0 bridgehead atoms. The fraction of sp³-hybridized carbons (Fsp3) is 0.130. The van der Waals surface area contributed by atoms with Crippen LogP contribution < -0.4 is 20.1 Å². The van der Waals surface area contributed by atoms with Crippen molar-refractivity contribution in [3.63, 3.8) is 0 Å². The Morgan fingerprint density at radius 2 is 1.48 bits per heavy atom. The topological polar surface area (TPSA) is 76.7 Å². The third-order valence-electron chi connectivity index (χ3n) is 4.17. The average Bonchev–Trinajstić information content (AvgIpc) is 2.75. The molecule has 3 rings (SSSR count). The van der Waals surface area contributed by atoms with Crippen LogP contribution >= 0.6 is 0 Å². The zero-order valence-electron chi connectivity index (χ0n) is 16.3. The van der Waals surface area contributed by atoms with Crippen LogP contribution in [0.4, 0.5) is 11.4 Å². The van der Waals surface area contributed by atoms with Gasteiger partial charge in [-0.3, -0.25) is 9.59 Å². The van der Waals surface area contributed by atoms with Crippen molar-refractivity contribution in [3.05, 3.63) is 83.9 Å². The van der Waals surface area contributed by atoms with E-state index in [1.807, 2.05) is 19.1 Å². The maximum atomic E-state index is 12.5. The first kappa shape index (κ1) is 19.9. The summed E-state index contributed by atoms with van der Waals surface area (Å²) >= 11 is 0. The monoisotopic (exact) mass is 390 g/mol. The summed E-state index contributed by atoms with van der Waals surface area (Å²) in [5, 5.41) is 5.64. The van der Waals surface area contributed by atoms with Crippen LogP contribution in [0.1, 0.15) is 27.6 Å². The Hall–Kier alpha value is -3.80. The van der Waals surface area contributed by atoms with Gasteiger partial charge in [-0.15, -0.1) is 0 Å². The van der Waals surface area contributed by atoms with Crippen LogP contribution in [0.15, 0.2) is 72.8 Å². The van der Waals surface area contributed by atoms with Gasteiger partial charge in [0.15, 0.2) is 0 Å². The van der Waals surface area contributed by atoms with E-state index in [-0.39, 0.29) is 11.8 Å². The van der Waals surface area contributed by atoms with Gasteiger partial charge in [0.05, 0.1) is 19.4 Å². The van der Waals surface area contributed by atoms with E-state index in [1.165, 1.54) is 0 Å². The summed E-state index contributed by atoms with van der Waals surface area (Å²) in [5.41, 5.74) is 2.11. The molecule has 0 saturated heterocycles. The second-order valence-corrected chi connectivity index (χ2v) is 6.15. The molecule has 6 nitrogen and oxygen atoms in total. The van der Waals surface area contributed by atoms with Gasteiger partial charge >= 0.3 is 0 Å². The number of amides is 2. The number of hydrogen-bond acceptors (Lipinski definition) is 4. The number of methoxy groups -OCH3 is 1. The van der Waals surface area contributed by atoms with E-state index in [2.05, 4.69) is 10.6 Å². The smallest absolute Gasteiger partial charge is 0.255 e. The number of benzene rings is 3. The highest BCUT2D eigenvalue weighted by Gasteiger charge is 2.12. The van der Waals surface area contributed by atoms with Crippen molar-refractivity contribution in [3.8, 4) is 11.5 Å². The molecule has 0 radical (unpaired) electrons. The molecule has 0 aromatic heterocycles. The molecule has 3 aromatic rings. The lowest BCUT2D eigenvalue weighted by Gasteiger charge is -2.11. The van der Waals surface area contributed by atoms with Crippen molar-refractivity contribution in [2.45, 2.75) is 6.92 Å². The summed E-state index contributed by atoms with van der Waals surface area (Å²) in [6, 6.07) is 20.8. The largest absolute Gasteiger partial charge is 0.497 e. The van der Waals surface area contributed by atoms with E-state index < -0.39 is 0 Å². The maximum Gasteiger partial charge on any atom is 0.255 e. The minimum atomic E-state index is -0.281. The minimum Gasteiger partial charge on any atom is -0.497 e. The molecule has 29 heavy (non-hydrogen) atoms. The highest BCUT2D eigenvalue weighted by atomic mass is 16.5. The zero-order chi connectivity index (χ0) is 20.6. The third kappa shape index (κ3) is 5.13. The van der Waals surface area contributed by atoms with Crippen LogP contribution in [-0.2, 0) is 0 Å². The Balaban J connectivity index is 1.67. The van der Waals surface area contributed by atoms with Gasteiger partial charge in [0.25, 0.3) is 11.8 Å². The number of nitrogens with one attached hydrogen (secondary N) is 2. The van der Waals surface area contributed by atoms with Gasteiger partial charge in [-0.05, 0) is 55.5 Å². The predicted octanol–water partition coefficient (Wildman–Crippen LogP) is 4.60. The van der Waals surface area contributed by atoms with E-state index in [0.29, 0.717) is 40.6 Å². The second kappa shape index (κ2) is 9.41. The molecule has 0 spiro atoms. The van der Waals surface area contributed by atoms with Gasteiger partial charge in [-0.25, -0.2) is 0 Å². The van der Waals surface area contributed by atoms with E-state index in [4.69, 9.17) is 9.47 Å². The van der Waals surface area contributed by atoms with Crippen molar-refractivity contribution in [2.24, 2.45) is 0 Å². The minimum absolute atomic E-state index is 0.271. The number of carbonyl (C=O) groups is 2. The Labute approximate surface area is 169 Å². The second-order valence-electron chi connectivity index (χ2n) is 6.15. The van der Waals surface area contributed by atoms with Crippen molar-refractivity contribution in [1.82, 2.24) is 0 Å². The molecular weight excluding hydrogens is 368 g/mol. The Bertz CT molecular complexity index is 1000. The number of carbonyl (C=O) groups excluding carboxylic acids is 2. The molecule has 2 amide bonds. The molecule has 0 aliphatic heterocycles. The number of para-hydroxylation sites is 2. The Kier molecular flexibility index (Phi) is 6.47. The van der Waals surface area contributed by atoms with Gasteiger partial charge in [-0.1, -0.05) is 18.2 Å². The van der Waals surface area contributed by atoms with Crippen molar-refractivity contribution in [1.29, 1.82) is 0 Å². The molecule has 0 fully saturated rings. The van der Waals surface area contributed by atoms with E-state index in [0.717, 1.165) is 0 Å².